The number of para-hydroxylation sites is 1. The number of nitrogens with zero attached hydrogens (tertiary/aromatic N) is 3. The topological polar surface area (TPSA) is 50.7 Å². The van der Waals surface area contributed by atoms with Gasteiger partial charge >= 0.3 is 0 Å². The molecule has 0 aliphatic heterocycles. The van der Waals surface area contributed by atoms with Gasteiger partial charge < -0.3 is 5.32 Å². The summed E-state index contributed by atoms with van der Waals surface area (Å²) in [5.41, 5.74) is 2.25. The molecule has 3 rings (SSSR count). The van der Waals surface area contributed by atoms with Gasteiger partial charge in [0, 0.05) is 24.3 Å². The number of fused-ring (bicyclic) bond motifs is 1. The average molecular weight is 364 g/mol. The molecule has 0 aliphatic rings. The van der Waals surface area contributed by atoms with E-state index in [1.807, 2.05) is 12.3 Å². The van der Waals surface area contributed by atoms with Crippen LogP contribution in [0, 0.1) is 0 Å². The van der Waals surface area contributed by atoms with E-state index in [4.69, 9.17) is 11.6 Å². The summed E-state index contributed by atoms with van der Waals surface area (Å²) in [4.78, 5) is 12.5. The molecule has 0 aliphatic carbocycles. The van der Waals surface area contributed by atoms with Crippen molar-refractivity contribution in [1.82, 2.24) is 15.0 Å². The zero-order valence-electron chi connectivity index (χ0n) is 11.1. The van der Waals surface area contributed by atoms with E-state index in [1.165, 1.54) is 5.56 Å². The van der Waals surface area contributed by atoms with Gasteiger partial charge in [-0.25, -0.2) is 4.98 Å². The molecule has 0 atom stereocenters. The normalized spacial score (nSPS) is 10.8. The fourth-order valence-corrected chi connectivity index (χ4v) is 2.62. The largest absolute Gasteiger partial charge is 0.369 e. The molecule has 4 nitrogen and oxygen atoms in total. The molecule has 0 spiro atoms. The van der Waals surface area contributed by atoms with Crippen LogP contribution in [0.2, 0.25) is 5.28 Å². The standard InChI is InChI=1S/C15H12BrClN4/c16-12-9-20-15(17)21-14(12)19-8-6-11-4-1-3-10-5-2-7-18-13(10)11/h1-5,7,9H,6,8H2,(H,19,20,21). The Bertz CT molecular complexity index is 773. The number of aromatic nitrogens is 3. The second kappa shape index (κ2) is 6.37. The van der Waals surface area contributed by atoms with Crippen LogP contribution in [0.1, 0.15) is 5.56 Å². The first kappa shape index (κ1) is 14.2. The summed E-state index contributed by atoms with van der Waals surface area (Å²) in [6.07, 6.45) is 4.31. The number of anilines is 1. The Morgan fingerprint density at radius 3 is 2.90 bits per heavy atom. The number of halogens is 2. The smallest absolute Gasteiger partial charge is 0.224 e. The van der Waals surface area contributed by atoms with Gasteiger partial charge in [-0.3, -0.25) is 4.98 Å². The van der Waals surface area contributed by atoms with Crippen LogP contribution in [0.3, 0.4) is 0 Å². The van der Waals surface area contributed by atoms with Crippen molar-refractivity contribution in [3.05, 3.63) is 58.0 Å². The highest BCUT2D eigenvalue weighted by atomic mass is 79.9. The maximum Gasteiger partial charge on any atom is 0.224 e. The Morgan fingerprint density at radius 1 is 1.14 bits per heavy atom. The third kappa shape index (κ3) is 3.31. The molecule has 106 valence electrons. The highest BCUT2D eigenvalue weighted by molar-refractivity contribution is 9.10. The van der Waals surface area contributed by atoms with Crippen LogP contribution in [0.4, 0.5) is 5.82 Å². The van der Waals surface area contributed by atoms with E-state index < -0.39 is 0 Å². The summed E-state index contributed by atoms with van der Waals surface area (Å²) >= 11 is 9.20. The number of hydrogen-bond donors (Lipinski definition) is 1. The number of benzene rings is 1. The first-order valence-electron chi connectivity index (χ1n) is 6.48. The highest BCUT2D eigenvalue weighted by Gasteiger charge is 2.05. The number of pyridine rings is 1. The second-order valence-electron chi connectivity index (χ2n) is 4.50. The van der Waals surface area contributed by atoms with E-state index in [2.05, 4.69) is 60.5 Å². The monoisotopic (exact) mass is 362 g/mol. The van der Waals surface area contributed by atoms with Gasteiger partial charge in [0.05, 0.1) is 9.99 Å². The molecule has 3 aromatic rings. The number of hydrogen-bond acceptors (Lipinski definition) is 4. The summed E-state index contributed by atoms with van der Waals surface area (Å²) < 4.78 is 0.794. The summed E-state index contributed by atoms with van der Waals surface area (Å²) in [7, 11) is 0. The Labute approximate surface area is 135 Å². The van der Waals surface area contributed by atoms with Crippen LogP contribution < -0.4 is 5.32 Å². The molecule has 0 fully saturated rings. The lowest BCUT2D eigenvalue weighted by atomic mass is 10.1. The molecule has 2 heterocycles. The Morgan fingerprint density at radius 2 is 2.00 bits per heavy atom. The zero-order valence-corrected chi connectivity index (χ0v) is 13.4. The maximum absolute atomic E-state index is 5.80. The van der Waals surface area contributed by atoms with Crippen molar-refractivity contribution in [2.75, 3.05) is 11.9 Å². The predicted octanol–water partition coefficient (Wildman–Crippen LogP) is 4.10. The molecule has 1 N–H and O–H groups in total. The number of nitrogens with one attached hydrogen (secondary N) is 1. The molecule has 6 heteroatoms. The Kier molecular flexibility index (Phi) is 4.31. The molecular formula is C15H12BrClN4. The minimum Gasteiger partial charge on any atom is -0.369 e. The van der Waals surface area contributed by atoms with Gasteiger partial charge in [-0.15, -0.1) is 0 Å². The van der Waals surface area contributed by atoms with E-state index in [9.17, 15) is 0 Å². The van der Waals surface area contributed by atoms with Gasteiger partial charge in [-0.05, 0) is 45.6 Å². The zero-order chi connectivity index (χ0) is 14.7. The van der Waals surface area contributed by atoms with Crippen LogP contribution in [-0.4, -0.2) is 21.5 Å². The van der Waals surface area contributed by atoms with Crippen LogP contribution in [0.25, 0.3) is 10.9 Å². The third-order valence-electron chi connectivity index (χ3n) is 3.12. The molecule has 2 aromatic heterocycles. The van der Waals surface area contributed by atoms with Crippen LogP contribution in [0.5, 0.6) is 0 Å². The number of rotatable bonds is 4. The quantitative estimate of drug-likeness (QED) is 0.709. The molecule has 21 heavy (non-hydrogen) atoms. The SMILES string of the molecule is Clc1ncc(Br)c(NCCc2cccc3cccnc23)n1. The lowest BCUT2D eigenvalue weighted by Gasteiger charge is -2.09. The maximum atomic E-state index is 5.80. The average Bonchev–Trinajstić information content (AvgIpc) is 2.51. The minimum absolute atomic E-state index is 0.229. The van der Waals surface area contributed by atoms with Crippen LogP contribution >= 0.6 is 27.5 Å². The molecular weight excluding hydrogens is 352 g/mol. The lowest BCUT2D eigenvalue weighted by molar-refractivity contribution is 1.000. The Balaban J connectivity index is 1.74. The van der Waals surface area contributed by atoms with E-state index in [0.717, 1.165) is 28.3 Å². The molecule has 0 radical (unpaired) electrons. The third-order valence-corrected chi connectivity index (χ3v) is 3.88. The van der Waals surface area contributed by atoms with Gasteiger partial charge in [-0.1, -0.05) is 24.3 Å². The molecule has 0 amide bonds. The molecule has 1 aromatic carbocycles. The van der Waals surface area contributed by atoms with Crippen molar-refractivity contribution in [3.8, 4) is 0 Å². The fourth-order valence-electron chi connectivity index (χ4n) is 2.15. The van der Waals surface area contributed by atoms with Gasteiger partial charge in [0.15, 0.2) is 0 Å². The van der Waals surface area contributed by atoms with Crippen LogP contribution in [-0.2, 0) is 6.42 Å². The summed E-state index contributed by atoms with van der Waals surface area (Å²) in [5.74, 6) is 0.697. The van der Waals surface area contributed by atoms with Crippen molar-refractivity contribution < 1.29 is 0 Å². The Hall–Kier alpha value is -1.72. The predicted molar refractivity (Wildman–Crippen MR) is 88.7 cm³/mol. The lowest BCUT2D eigenvalue weighted by Crippen LogP contribution is -2.08. The van der Waals surface area contributed by atoms with E-state index in [1.54, 1.807) is 6.20 Å². The van der Waals surface area contributed by atoms with Crippen molar-refractivity contribution in [2.45, 2.75) is 6.42 Å². The molecule has 0 saturated carbocycles. The first-order valence-corrected chi connectivity index (χ1v) is 7.65. The second-order valence-corrected chi connectivity index (χ2v) is 5.70. The van der Waals surface area contributed by atoms with Crippen molar-refractivity contribution in [1.29, 1.82) is 0 Å². The van der Waals surface area contributed by atoms with E-state index >= 15 is 0 Å². The van der Waals surface area contributed by atoms with Crippen molar-refractivity contribution in [2.24, 2.45) is 0 Å². The van der Waals surface area contributed by atoms with Crippen LogP contribution in [0.15, 0.2) is 47.2 Å². The van der Waals surface area contributed by atoms with Gasteiger partial charge in [-0.2, -0.15) is 4.98 Å². The van der Waals surface area contributed by atoms with Crippen molar-refractivity contribution in [3.63, 3.8) is 0 Å². The van der Waals surface area contributed by atoms with Gasteiger partial charge in [0.2, 0.25) is 5.28 Å². The van der Waals surface area contributed by atoms with Gasteiger partial charge in [0.25, 0.3) is 0 Å². The van der Waals surface area contributed by atoms with Gasteiger partial charge in [0.1, 0.15) is 5.82 Å². The summed E-state index contributed by atoms with van der Waals surface area (Å²) in [6.45, 7) is 0.738. The van der Waals surface area contributed by atoms with Crippen molar-refractivity contribution >= 4 is 44.3 Å². The van der Waals surface area contributed by atoms with E-state index in [-0.39, 0.29) is 5.28 Å². The molecule has 0 saturated heterocycles. The fraction of sp³-hybridized carbons (Fsp3) is 0.133. The highest BCUT2D eigenvalue weighted by Crippen LogP contribution is 2.21. The van der Waals surface area contributed by atoms with E-state index in [0.29, 0.717) is 5.82 Å². The minimum atomic E-state index is 0.229. The molecule has 0 unspecified atom stereocenters. The molecule has 0 bridgehead atoms. The summed E-state index contributed by atoms with van der Waals surface area (Å²) in [5, 5.41) is 4.64. The first-order chi connectivity index (χ1) is 10.2. The summed E-state index contributed by atoms with van der Waals surface area (Å²) in [6, 6.07) is 10.2.